The maximum atomic E-state index is 13.4. The number of aromatic nitrogens is 2. The number of nitrogens with one attached hydrogen (secondary N) is 2. The number of aromatic amines is 1. The lowest BCUT2D eigenvalue weighted by Crippen LogP contribution is -2.45. The number of amides is 1. The molecule has 1 amide bonds. The van der Waals surface area contributed by atoms with Gasteiger partial charge < -0.3 is 9.88 Å². The Labute approximate surface area is 315 Å². The highest BCUT2D eigenvalue weighted by atomic mass is 79.9. The number of rotatable bonds is 10. The molecular weight excluding hydrogens is 702 g/mol. The highest BCUT2D eigenvalue weighted by Crippen LogP contribution is 2.40. The monoisotopic (exact) mass is 761 g/mol. The minimum atomic E-state index is 0.0900. The van der Waals surface area contributed by atoms with Gasteiger partial charge in [0.15, 0.2) is 0 Å². The van der Waals surface area contributed by atoms with Gasteiger partial charge in [0.2, 0.25) is 0 Å². The molecule has 50 heavy (non-hydrogen) atoms. The normalized spacial score (nSPS) is 17.2. The molecule has 1 saturated carbocycles. The fraction of sp³-hybridized carbons (Fsp3) is 0.500. The summed E-state index contributed by atoms with van der Waals surface area (Å²) in [6.07, 6.45) is 9.37. The number of nitrogens with zero attached hydrogens (tertiary/aromatic N) is 3. The zero-order valence-corrected chi connectivity index (χ0v) is 33.9. The van der Waals surface area contributed by atoms with E-state index in [2.05, 4.69) is 74.8 Å². The zero-order valence-electron chi connectivity index (χ0n) is 31.5. The molecule has 0 spiro atoms. The van der Waals surface area contributed by atoms with E-state index in [1.54, 1.807) is 11.9 Å². The van der Waals surface area contributed by atoms with Crippen LogP contribution in [0.3, 0.4) is 0 Å². The molecule has 4 aromatic rings. The molecule has 272 valence electrons. The fourth-order valence-corrected chi connectivity index (χ4v) is 8.06. The van der Waals surface area contributed by atoms with Gasteiger partial charge in [-0.2, -0.15) is 0 Å². The number of aliphatic imine (C=N–C) groups is 1. The van der Waals surface area contributed by atoms with Crippen LogP contribution in [0.25, 0.3) is 11.0 Å². The molecule has 2 fully saturated rings. The second-order valence-corrected chi connectivity index (χ2v) is 14.3. The molecule has 2 N–H and O–H groups in total. The molecule has 1 aliphatic carbocycles. The minimum absolute atomic E-state index is 0.0900. The highest BCUT2D eigenvalue weighted by Gasteiger charge is 2.37. The molecule has 2 aliphatic rings. The number of piperidine rings is 1. The van der Waals surface area contributed by atoms with Gasteiger partial charge in [-0.25, -0.2) is 4.98 Å². The van der Waals surface area contributed by atoms with E-state index in [9.17, 15) is 4.79 Å². The number of hydrogen-bond donors (Lipinski definition) is 2. The number of carbonyl (C=O) groups excluding carboxylic acids is 1. The van der Waals surface area contributed by atoms with Crippen molar-refractivity contribution < 1.29 is 4.79 Å². The van der Waals surface area contributed by atoms with Crippen molar-refractivity contribution in [3.8, 4) is 0 Å². The number of imidazole rings is 1. The van der Waals surface area contributed by atoms with E-state index in [0.717, 1.165) is 77.2 Å². The van der Waals surface area contributed by atoms with E-state index in [0.29, 0.717) is 5.92 Å². The molecular formula is C42H60BrN5OS. The number of aryl methyl sites for hydroxylation is 1. The van der Waals surface area contributed by atoms with E-state index < -0.39 is 0 Å². The summed E-state index contributed by atoms with van der Waals surface area (Å²) in [6.45, 7) is 17.7. The van der Waals surface area contributed by atoms with Crippen LogP contribution >= 0.6 is 27.9 Å². The molecule has 1 atom stereocenters. The van der Waals surface area contributed by atoms with Crippen LogP contribution in [0.15, 0.2) is 87.2 Å². The second-order valence-electron chi connectivity index (χ2n) is 12.5. The third-order valence-corrected chi connectivity index (χ3v) is 11.4. The first-order valence-electron chi connectivity index (χ1n) is 18.9. The van der Waals surface area contributed by atoms with Crippen molar-refractivity contribution in [2.75, 3.05) is 26.2 Å². The first-order valence-corrected chi connectivity index (χ1v) is 20.5. The Morgan fingerprint density at radius 2 is 1.72 bits per heavy atom. The average molecular weight is 763 g/mol. The van der Waals surface area contributed by atoms with Gasteiger partial charge in [-0.05, 0) is 122 Å². The largest absolute Gasteiger partial charge is 0.342 e. The average Bonchev–Trinajstić information content (AvgIpc) is 3.78. The minimum Gasteiger partial charge on any atom is -0.342 e. The Balaban J connectivity index is 0.000000403. The lowest BCUT2D eigenvalue weighted by atomic mass is 9.70. The second kappa shape index (κ2) is 22.1. The van der Waals surface area contributed by atoms with E-state index in [-0.39, 0.29) is 11.3 Å². The predicted molar refractivity (Wildman–Crippen MR) is 220 cm³/mol. The third kappa shape index (κ3) is 11.5. The van der Waals surface area contributed by atoms with Gasteiger partial charge in [0.05, 0.1) is 11.0 Å². The molecule has 1 aromatic heterocycles. The molecule has 3 aromatic carbocycles. The molecule has 2 heterocycles. The molecule has 1 unspecified atom stereocenters. The summed E-state index contributed by atoms with van der Waals surface area (Å²) in [5, 5.41) is 0. The Morgan fingerprint density at radius 1 is 1.02 bits per heavy atom. The maximum absolute atomic E-state index is 13.4. The quantitative estimate of drug-likeness (QED) is 0.158. The SMILES string of the molecule is CC.CC.CCCC1CCCC1=NCCC1(c2ccccc2)CCN(C(=O)c2ccc(Br)c(SNCC)c2)CC1.Cc1nc2ccccc2[nH]1. The van der Waals surface area contributed by atoms with Crippen molar-refractivity contribution in [1.29, 1.82) is 0 Å². The van der Waals surface area contributed by atoms with Gasteiger partial charge >= 0.3 is 0 Å². The lowest BCUT2D eigenvalue weighted by molar-refractivity contribution is 0.0660. The van der Waals surface area contributed by atoms with Crippen LogP contribution in [-0.2, 0) is 5.41 Å². The van der Waals surface area contributed by atoms with Crippen molar-refractivity contribution >= 4 is 50.5 Å². The van der Waals surface area contributed by atoms with Crippen LogP contribution in [0.1, 0.15) is 115 Å². The number of fused-ring (bicyclic) bond motifs is 1. The van der Waals surface area contributed by atoms with E-state index >= 15 is 0 Å². The van der Waals surface area contributed by atoms with Crippen LogP contribution in [0.5, 0.6) is 0 Å². The Morgan fingerprint density at radius 3 is 2.40 bits per heavy atom. The van der Waals surface area contributed by atoms with Crippen molar-refractivity contribution in [2.24, 2.45) is 10.9 Å². The van der Waals surface area contributed by atoms with Gasteiger partial charge in [-0.3, -0.25) is 14.5 Å². The number of halogens is 1. The summed E-state index contributed by atoms with van der Waals surface area (Å²) in [5.41, 5.74) is 5.88. The molecule has 0 radical (unpaired) electrons. The number of likely N-dealkylation sites (tertiary alicyclic amines) is 1. The van der Waals surface area contributed by atoms with Crippen LogP contribution in [-0.4, -0.2) is 52.7 Å². The van der Waals surface area contributed by atoms with Crippen LogP contribution in [0.2, 0.25) is 0 Å². The van der Waals surface area contributed by atoms with Crippen LogP contribution in [0.4, 0.5) is 0 Å². The molecule has 1 saturated heterocycles. The smallest absolute Gasteiger partial charge is 0.253 e. The number of benzene rings is 3. The topological polar surface area (TPSA) is 73.4 Å². The number of hydrogen-bond acceptors (Lipinski definition) is 5. The number of H-pyrrole nitrogens is 1. The van der Waals surface area contributed by atoms with E-state index in [4.69, 9.17) is 4.99 Å². The predicted octanol–water partition coefficient (Wildman–Crippen LogP) is 11.6. The fourth-order valence-electron chi connectivity index (χ4n) is 6.92. The maximum Gasteiger partial charge on any atom is 0.253 e. The van der Waals surface area contributed by atoms with Crippen LogP contribution in [0, 0.1) is 12.8 Å². The van der Waals surface area contributed by atoms with Crippen molar-refractivity contribution in [3.05, 3.63) is 94.2 Å². The Kier molecular flexibility index (Phi) is 18.3. The molecule has 8 heteroatoms. The van der Waals surface area contributed by atoms with Crippen molar-refractivity contribution in [1.82, 2.24) is 19.6 Å². The molecule has 0 bridgehead atoms. The summed E-state index contributed by atoms with van der Waals surface area (Å²) in [4.78, 5) is 29.1. The highest BCUT2D eigenvalue weighted by molar-refractivity contribution is 9.10. The van der Waals surface area contributed by atoms with Gasteiger partial charge in [0, 0.05) is 52.2 Å². The van der Waals surface area contributed by atoms with Gasteiger partial charge in [-0.1, -0.05) is 90.4 Å². The molecule has 6 nitrogen and oxygen atoms in total. The van der Waals surface area contributed by atoms with E-state index in [1.165, 1.54) is 43.4 Å². The summed E-state index contributed by atoms with van der Waals surface area (Å²) in [6, 6.07) is 24.9. The van der Waals surface area contributed by atoms with Crippen molar-refractivity contribution in [2.45, 2.75) is 110 Å². The zero-order chi connectivity index (χ0) is 36.4. The van der Waals surface area contributed by atoms with Crippen molar-refractivity contribution in [3.63, 3.8) is 0 Å². The summed E-state index contributed by atoms with van der Waals surface area (Å²) in [5.74, 6) is 1.82. The molecule has 1 aliphatic heterocycles. The lowest BCUT2D eigenvalue weighted by Gasteiger charge is -2.42. The Bertz CT molecular complexity index is 1560. The van der Waals surface area contributed by atoms with Gasteiger partial charge in [0.25, 0.3) is 5.91 Å². The summed E-state index contributed by atoms with van der Waals surface area (Å²) >= 11 is 5.18. The van der Waals surface area contributed by atoms with Crippen LogP contribution < -0.4 is 4.72 Å². The Hall–Kier alpha value is -2.94. The number of para-hydroxylation sites is 2. The first-order chi connectivity index (χ1) is 24.4. The van der Waals surface area contributed by atoms with Gasteiger partial charge in [-0.15, -0.1) is 0 Å². The number of carbonyl (C=O) groups is 1. The summed E-state index contributed by atoms with van der Waals surface area (Å²) in [7, 11) is 0. The van der Waals surface area contributed by atoms with E-state index in [1.807, 2.05) is 82.0 Å². The third-order valence-electron chi connectivity index (χ3n) is 9.41. The first kappa shape index (κ1) is 41.5. The molecule has 6 rings (SSSR count). The summed E-state index contributed by atoms with van der Waals surface area (Å²) < 4.78 is 4.29. The van der Waals surface area contributed by atoms with Gasteiger partial charge in [0.1, 0.15) is 5.82 Å². The standard InChI is InChI=1S/C30H40BrN3OS.C8H8N2.2C2H6/c1-3-9-23-10-8-13-27(23)32-19-16-30(25-11-6-5-7-12-25)17-20-34(21-18-30)29(35)24-14-15-26(31)28(22-24)36-33-4-2;1-6-9-7-4-2-3-5-8(7)10-6;2*1-2/h5-7,11-12,14-15,22-23,33H,3-4,8-10,13,16-21H2,1-2H3;2-5H,1H3,(H,9,10);2*1-2H3.